The Morgan fingerprint density at radius 1 is 1.78 bits per heavy atom. The zero-order chi connectivity index (χ0) is 6.85. The summed E-state index contributed by atoms with van der Waals surface area (Å²) in [5.41, 5.74) is 0. The molecule has 1 atom stereocenters. The molecule has 0 radical (unpaired) electrons. The average Bonchev–Trinajstić information content (AvgIpc) is 2.14. The van der Waals surface area contributed by atoms with Crippen molar-refractivity contribution in [1.82, 2.24) is 4.98 Å². The monoisotopic (exact) mass is 165 g/mol. The quantitative estimate of drug-likeness (QED) is 0.576. The summed E-state index contributed by atoms with van der Waals surface area (Å²) in [6.45, 7) is 0. The molecular weight excluding hydrogens is 162 g/mol. The minimum Gasteiger partial charge on any atom is -0.318 e. The van der Waals surface area contributed by atoms with Crippen molar-refractivity contribution in [3.8, 4) is 0 Å². The SMILES string of the molecule is O=c1[nH]cc(S(=O)O)s1. The van der Waals surface area contributed by atoms with Crippen LogP contribution in [0.1, 0.15) is 0 Å². The molecule has 4 nitrogen and oxygen atoms in total. The van der Waals surface area contributed by atoms with E-state index in [0.717, 1.165) is 11.3 Å². The van der Waals surface area contributed by atoms with E-state index in [2.05, 4.69) is 4.98 Å². The van der Waals surface area contributed by atoms with Gasteiger partial charge in [-0.25, -0.2) is 4.21 Å². The number of nitrogens with one attached hydrogen (secondary N) is 1. The predicted octanol–water partition coefficient (Wildman–Crippen LogP) is 0.0170. The van der Waals surface area contributed by atoms with Crippen LogP contribution in [0.25, 0.3) is 0 Å². The summed E-state index contributed by atoms with van der Waals surface area (Å²) in [4.78, 5) is 12.3. The van der Waals surface area contributed by atoms with E-state index in [4.69, 9.17) is 4.55 Å². The van der Waals surface area contributed by atoms with Crippen molar-refractivity contribution in [2.45, 2.75) is 4.21 Å². The van der Waals surface area contributed by atoms with Crippen molar-refractivity contribution < 1.29 is 8.76 Å². The minimum atomic E-state index is -2.02. The van der Waals surface area contributed by atoms with Gasteiger partial charge in [-0.3, -0.25) is 4.79 Å². The van der Waals surface area contributed by atoms with E-state index in [1.165, 1.54) is 6.20 Å². The Bertz CT molecular complexity index is 275. The largest absolute Gasteiger partial charge is 0.318 e. The van der Waals surface area contributed by atoms with Gasteiger partial charge >= 0.3 is 4.87 Å². The van der Waals surface area contributed by atoms with Crippen LogP contribution in [0.5, 0.6) is 0 Å². The predicted molar refractivity (Wildman–Crippen MR) is 34.0 cm³/mol. The fourth-order valence-corrected chi connectivity index (χ4v) is 1.44. The van der Waals surface area contributed by atoms with Crippen LogP contribution in [0, 0.1) is 0 Å². The van der Waals surface area contributed by atoms with Crippen LogP contribution in [0.4, 0.5) is 0 Å². The maximum absolute atomic E-state index is 10.3. The van der Waals surface area contributed by atoms with Crippen LogP contribution in [-0.2, 0) is 11.1 Å². The Labute approximate surface area is 56.8 Å². The van der Waals surface area contributed by atoms with Crippen LogP contribution in [0.3, 0.4) is 0 Å². The minimum absolute atomic E-state index is 0.153. The van der Waals surface area contributed by atoms with Crippen LogP contribution in [0.2, 0.25) is 0 Å². The van der Waals surface area contributed by atoms with Crippen LogP contribution in [0.15, 0.2) is 15.2 Å². The van der Waals surface area contributed by atoms with Crippen molar-refractivity contribution in [2.75, 3.05) is 0 Å². The maximum Gasteiger partial charge on any atom is 0.305 e. The molecule has 0 aliphatic rings. The molecule has 6 heteroatoms. The van der Waals surface area contributed by atoms with Crippen molar-refractivity contribution in [3.05, 3.63) is 15.9 Å². The summed E-state index contributed by atoms with van der Waals surface area (Å²) in [6.07, 6.45) is 1.23. The van der Waals surface area contributed by atoms with Crippen LogP contribution >= 0.6 is 11.3 Å². The molecule has 0 aliphatic heterocycles. The third-order valence-electron chi connectivity index (χ3n) is 0.673. The van der Waals surface area contributed by atoms with E-state index in [-0.39, 0.29) is 9.08 Å². The Hall–Kier alpha value is -0.460. The number of aromatic nitrogens is 1. The smallest absolute Gasteiger partial charge is 0.305 e. The third kappa shape index (κ3) is 1.47. The molecule has 0 spiro atoms. The highest BCUT2D eigenvalue weighted by molar-refractivity contribution is 7.81. The van der Waals surface area contributed by atoms with Gasteiger partial charge in [-0.2, -0.15) is 0 Å². The molecule has 1 unspecified atom stereocenters. The van der Waals surface area contributed by atoms with E-state index in [1.54, 1.807) is 0 Å². The number of hydrogen-bond donors (Lipinski definition) is 2. The molecule has 9 heavy (non-hydrogen) atoms. The zero-order valence-corrected chi connectivity index (χ0v) is 5.79. The highest BCUT2D eigenvalue weighted by Crippen LogP contribution is 2.03. The Morgan fingerprint density at radius 3 is 2.67 bits per heavy atom. The Kier molecular flexibility index (Phi) is 1.79. The Morgan fingerprint density at radius 2 is 2.44 bits per heavy atom. The summed E-state index contributed by atoms with van der Waals surface area (Å²) >= 11 is -1.29. The lowest BCUT2D eigenvalue weighted by molar-refractivity contribution is 0.566. The van der Waals surface area contributed by atoms with E-state index >= 15 is 0 Å². The number of thiazole rings is 1. The molecule has 0 saturated heterocycles. The van der Waals surface area contributed by atoms with Crippen molar-refractivity contribution in [1.29, 1.82) is 0 Å². The Balaban J connectivity index is 3.12. The first-order chi connectivity index (χ1) is 4.20. The lowest BCUT2D eigenvalue weighted by atomic mass is 11.0. The molecule has 2 N–H and O–H groups in total. The summed E-state index contributed by atoms with van der Waals surface area (Å²) in [5.74, 6) is 0. The fourth-order valence-electron chi connectivity index (χ4n) is 0.354. The summed E-state index contributed by atoms with van der Waals surface area (Å²) in [5, 5.41) is 0. The third-order valence-corrected chi connectivity index (χ3v) is 2.44. The normalized spacial score (nSPS) is 13.4. The molecule has 50 valence electrons. The first kappa shape index (κ1) is 6.66. The maximum atomic E-state index is 10.3. The molecule has 1 aromatic heterocycles. The summed E-state index contributed by atoms with van der Waals surface area (Å²) in [6, 6.07) is 0. The number of rotatable bonds is 1. The van der Waals surface area contributed by atoms with Gasteiger partial charge in [0.2, 0.25) is 0 Å². The number of aromatic amines is 1. The molecule has 0 saturated carbocycles. The standard InChI is InChI=1S/C3H3NO3S2/c5-3-4-1-2(8-3)9(6)7/h1H,(H,4,5)(H,6,7). The second-order valence-corrected chi connectivity index (χ2v) is 3.46. The van der Waals surface area contributed by atoms with Gasteiger partial charge in [-0.1, -0.05) is 11.3 Å². The first-order valence-corrected chi connectivity index (χ1v) is 3.92. The number of H-pyrrole nitrogens is 1. The molecule has 0 fully saturated rings. The average molecular weight is 165 g/mol. The molecule has 0 bridgehead atoms. The van der Waals surface area contributed by atoms with E-state index in [9.17, 15) is 9.00 Å². The highest BCUT2D eigenvalue weighted by atomic mass is 32.2. The van der Waals surface area contributed by atoms with E-state index < -0.39 is 11.1 Å². The van der Waals surface area contributed by atoms with Crippen molar-refractivity contribution in [2.24, 2.45) is 0 Å². The second-order valence-electron chi connectivity index (χ2n) is 1.25. The van der Waals surface area contributed by atoms with E-state index in [0.29, 0.717) is 0 Å². The van der Waals surface area contributed by atoms with Gasteiger partial charge in [0.1, 0.15) is 4.21 Å². The molecule has 0 amide bonds. The lowest BCUT2D eigenvalue weighted by Gasteiger charge is -1.78. The fraction of sp³-hybridized carbons (Fsp3) is 0. The number of hydrogen-bond acceptors (Lipinski definition) is 3. The van der Waals surface area contributed by atoms with Crippen molar-refractivity contribution >= 4 is 22.4 Å². The van der Waals surface area contributed by atoms with Gasteiger partial charge in [0.25, 0.3) is 0 Å². The second kappa shape index (κ2) is 2.42. The summed E-state index contributed by atoms with van der Waals surface area (Å²) in [7, 11) is 0. The molecule has 1 aromatic rings. The molecule has 1 rings (SSSR count). The first-order valence-electron chi connectivity index (χ1n) is 1.99. The van der Waals surface area contributed by atoms with Gasteiger partial charge in [0.15, 0.2) is 11.1 Å². The van der Waals surface area contributed by atoms with Gasteiger partial charge < -0.3 is 9.54 Å². The molecular formula is C3H3NO3S2. The highest BCUT2D eigenvalue weighted by Gasteiger charge is 2.00. The van der Waals surface area contributed by atoms with Gasteiger partial charge in [0.05, 0.1) is 0 Å². The van der Waals surface area contributed by atoms with Crippen LogP contribution in [-0.4, -0.2) is 13.7 Å². The zero-order valence-electron chi connectivity index (χ0n) is 4.16. The van der Waals surface area contributed by atoms with Crippen LogP contribution < -0.4 is 4.87 Å². The molecule has 0 aliphatic carbocycles. The van der Waals surface area contributed by atoms with Gasteiger partial charge in [-0.05, 0) is 0 Å². The molecule has 0 aromatic carbocycles. The van der Waals surface area contributed by atoms with Gasteiger partial charge in [0, 0.05) is 6.20 Å². The van der Waals surface area contributed by atoms with Crippen molar-refractivity contribution in [3.63, 3.8) is 0 Å². The van der Waals surface area contributed by atoms with Gasteiger partial charge in [-0.15, -0.1) is 0 Å². The topological polar surface area (TPSA) is 70.2 Å². The van der Waals surface area contributed by atoms with E-state index in [1.807, 2.05) is 0 Å². The molecule has 1 heterocycles. The lowest BCUT2D eigenvalue weighted by Crippen LogP contribution is -1.88. The summed E-state index contributed by atoms with van der Waals surface area (Å²) < 4.78 is 18.7.